The summed E-state index contributed by atoms with van der Waals surface area (Å²) in [7, 11) is 0. The number of aromatic hydroxyl groups is 1. The number of likely N-dealkylation sites (tertiary alicyclic amines) is 1. The minimum Gasteiger partial charge on any atom is -0.507 e. The first-order valence-corrected chi connectivity index (χ1v) is 9.09. The van der Waals surface area contributed by atoms with Crippen LogP contribution in [0.1, 0.15) is 51.2 Å². The zero-order valence-corrected chi connectivity index (χ0v) is 15.2. The van der Waals surface area contributed by atoms with E-state index in [1.165, 1.54) is 24.8 Å². The third-order valence-electron chi connectivity index (χ3n) is 4.98. The van der Waals surface area contributed by atoms with Crippen LogP contribution in [0.5, 0.6) is 5.75 Å². The molecule has 1 aliphatic rings. The molecular weight excluding hydrogens is 294 g/mol. The average molecular weight is 323 g/mol. The average Bonchev–Trinajstić information content (AvgIpc) is 2.57. The van der Waals surface area contributed by atoms with E-state index in [2.05, 4.69) is 49.9 Å². The van der Waals surface area contributed by atoms with Crippen molar-refractivity contribution in [3.05, 3.63) is 53.6 Å². The van der Waals surface area contributed by atoms with Crippen molar-refractivity contribution in [3.8, 4) is 16.9 Å². The Hall–Kier alpha value is -1.80. The van der Waals surface area contributed by atoms with E-state index in [-0.39, 0.29) is 5.41 Å². The maximum absolute atomic E-state index is 10.9. The van der Waals surface area contributed by atoms with E-state index in [1.807, 2.05) is 18.2 Å². The van der Waals surface area contributed by atoms with Gasteiger partial charge in [-0.05, 0) is 48.5 Å². The van der Waals surface area contributed by atoms with Crippen molar-refractivity contribution >= 4 is 0 Å². The highest BCUT2D eigenvalue weighted by molar-refractivity contribution is 5.73. The monoisotopic (exact) mass is 323 g/mol. The molecular formula is C22H29NO. The van der Waals surface area contributed by atoms with Crippen molar-refractivity contribution in [2.75, 3.05) is 13.1 Å². The third-order valence-corrected chi connectivity index (χ3v) is 4.98. The van der Waals surface area contributed by atoms with E-state index < -0.39 is 0 Å². The summed E-state index contributed by atoms with van der Waals surface area (Å²) in [6, 6.07) is 14.6. The van der Waals surface area contributed by atoms with Gasteiger partial charge in [-0.25, -0.2) is 0 Å². The second-order valence-corrected chi connectivity index (χ2v) is 7.98. The summed E-state index contributed by atoms with van der Waals surface area (Å²) in [5.41, 5.74) is 4.44. The van der Waals surface area contributed by atoms with Gasteiger partial charge in [0.2, 0.25) is 0 Å². The van der Waals surface area contributed by atoms with Gasteiger partial charge in [0.25, 0.3) is 0 Å². The van der Waals surface area contributed by atoms with Crippen molar-refractivity contribution in [2.45, 2.75) is 52.0 Å². The molecule has 1 heterocycles. The van der Waals surface area contributed by atoms with Gasteiger partial charge in [-0.3, -0.25) is 4.90 Å². The lowest BCUT2D eigenvalue weighted by molar-refractivity contribution is 0.218. The van der Waals surface area contributed by atoms with Crippen molar-refractivity contribution in [2.24, 2.45) is 0 Å². The van der Waals surface area contributed by atoms with Crippen LogP contribution in [0, 0.1) is 0 Å². The Kier molecular flexibility index (Phi) is 4.96. The number of hydrogen-bond donors (Lipinski definition) is 1. The Morgan fingerprint density at radius 2 is 1.62 bits per heavy atom. The number of phenols is 1. The molecule has 3 rings (SSSR count). The largest absolute Gasteiger partial charge is 0.507 e. The van der Waals surface area contributed by atoms with E-state index in [1.54, 1.807) is 0 Å². The number of rotatable bonds is 3. The van der Waals surface area contributed by atoms with Gasteiger partial charge in [-0.15, -0.1) is 0 Å². The molecule has 2 nitrogen and oxygen atoms in total. The summed E-state index contributed by atoms with van der Waals surface area (Å²) >= 11 is 0. The molecule has 0 spiro atoms. The molecule has 128 valence electrons. The van der Waals surface area contributed by atoms with Crippen LogP contribution in [-0.4, -0.2) is 23.1 Å². The quantitative estimate of drug-likeness (QED) is 0.824. The summed E-state index contributed by atoms with van der Waals surface area (Å²) in [4.78, 5) is 2.47. The Balaban J connectivity index is 2.03. The molecule has 0 amide bonds. The number of phenolic OH excluding ortho intramolecular Hbond substituents is 1. The lowest BCUT2D eigenvalue weighted by atomic mass is 9.83. The number of nitrogens with zero attached hydrogens (tertiary/aromatic N) is 1. The summed E-state index contributed by atoms with van der Waals surface area (Å²) in [5, 5.41) is 10.9. The highest BCUT2D eigenvalue weighted by Gasteiger charge is 2.21. The van der Waals surface area contributed by atoms with Gasteiger partial charge in [0.1, 0.15) is 5.75 Å². The molecule has 0 unspecified atom stereocenters. The van der Waals surface area contributed by atoms with Crippen LogP contribution >= 0.6 is 0 Å². The number of piperidine rings is 1. The molecule has 2 heteroatoms. The van der Waals surface area contributed by atoms with E-state index in [0.717, 1.165) is 36.3 Å². The number of benzene rings is 2. The van der Waals surface area contributed by atoms with Gasteiger partial charge >= 0.3 is 0 Å². The fourth-order valence-electron chi connectivity index (χ4n) is 3.44. The van der Waals surface area contributed by atoms with Gasteiger partial charge in [-0.1, -0.05) is 63.6 Å². The molecule has 24 heavy (non-hydrogen) atoms. The zero-order chi connectivity index (χ0) is 17.2. The van der Waals surface area contributed by atoms with Crippen molar-refractivity contribution in [3.63, 3.8) is 0 Å². The molecule has 1 fully saturated rings. The van der Waals surface area contributed by atoms with Crippen LogP contribution in [0.3, 0.4) is 0 Å². The van der Waals surface area contributed by atoms with Gasteiger partial charge in [0.05, 0.1) is 0 Å². The Morgan fingerprint density at radius 3 is 2.25 bits per heavy atom. The molecule has 0 bridgehead atoms. The maximum atomic E-state index is 10.9. The van der Waals surface area contributed by atoms with Crippen LogP contribution in [0.4, 0.5) is 0 Å². The maximum Gasteiger partial charge on any atom is 0.127 e. The fourth-order valence-corrected chi connectivity index (χ4v) is 3.44. The second kappa shape index (κ2) is 6.98. The molecule has 0 saturated carbocycles. The van der Waals surface area contributed by atoms with Crippen LogP contribution in [0.15, 0.2) is 42.5 Å². The van der Waals surface area contributed by atoms with Gasteiger partial charge in [0, 0.05) is 17.7 Å². The molecule has 0 aromatic heterocycles. The first kappa shape index (κ1) is 17.0. The number of hydrogen-bond acceptors (Lipinski definition) is 2. The lowest BCUT2D eigenvalue weighted by Gasteiger charge is -2.28. The van der Waals surface area contributed by atoms with E-state index in [4.69, 9.17) is 0 Å². The SMILES string of the molecule is CC(C)(C)c1cc(CN2CCCCC2)c(O)c(-c2ccccc2)c1. The standard InChI is InChI=1S/C22H29NO/c1-22(2,3)19-14-18(16-23-12-8-5-9-13-23)21(24)20(15-19)17-10-6-4-7-11-17/h4,6-7,10-11,14-15,24H,5,8-9,12-13,16H2,1-3H3. The Morgan fingerprint density at radius 1 is 0.958 bits per heavy atom. The highest BCUT2D eigenvalue weighted by Crippen LogP contribution is 2.37. The van der Waals surface area contributed by atoms with Gasteiger partial charge < -0.3 is 5.11 Å². The van der Waals surface area contributed by atoms with Crippen LogP contribution < -0.4 is 0 Å². The topological polar surface area (TPSA) is 23.5 Å². The van der Waals surface area contributed by atoms with Crippen molar-refractivity contribution < 1.29 is 5.11 Å². The molecule has 1 aliphatic heterocycles. The molecule has 0 atom stereocenters. The Labute approximate surface area is 146 Å². The summed E-state index contributed by atoms with van der Waals surface area (Å²) in [6.07, 6.45) is 3.87. The van der Waals surface area contributed by atoms with E-state index in [9.17, 15) is 5.11 Å². The summed E-state index contributed by atoms with van der Waals surface area (Å²) in [5.74, 6) is 0.444. The minimum absolute atomic E-state index is 0.0634. The first-order valence-electron chi connectivity index (χ1n) is 9.09. The Bertz CT molecular complexity index is 679. The predicted molar refractivity (Wildman–Crippen MR) is 101 cm³/mol. The molecule has 2 aromatic rings. The van der Waals surface area contributed by atoms with Gasteiger partial charge in [0.15, 0.2) is 0 Å². The van der Waals surface area contributed by atoms with E-state index >= 15 is 0 Å². The van der Waals surface area contributed by atoms with Gasteiger partial charge in [-0.2, -0.15) is 0 Å². The summed E-state index contributed by atoms with van der Waals surface area (Å²) < 4.78 is 0. The fraction of sp³-hybridized carbons (Fsp3) is 0.455. The van der Waals surface area contributed by atoms with Crippen molar-refractivity contribution in [1.82, 2.24) is 4.90 Å². The van der Waals surface area contributed by atoms with Crippen LogP contribution in [-0.2, 0) is 12.0 Å². The molecule has 2 aromatic carbocycles. The van der Waals surface area contributed by atoms with Crippen molar-refractivity contribution in [1.29, 1.82) is 0 Å². The van der Waals surface area contributed by atoms with Crippen LogP contribution in [0.2, 0.25) is 0 Å². The predicted octanol–water partition coefficient (Wildman–Crippen LogP) is 5.34. The minimum atomic E-state index is 0.0634. The molecule has 1 saturated heterocycles. The molecule has 0 radical (unpaired) electrons. The first-order chi connectivity index (χ1) is 11.4. The van der Waals surface area contributed by atoms with Crippen LogP contribution in [0.25, 0.3) is 11.1 Å². The molecule has 0 aliphatic carbocycles. The smallest absolute Gasteiger partial charge is 0.127 e. The third kappa shape index (κ3) is 3.81. The second-order valence-electron chi connectivity index (χ2n) is 7.98. The lowest BCUT2D eigenvalue weighted by Crippen LogP contribution is -2.29. The normalized spacial score (nSPS) is 16.3. The zero-order valence-electron chi connectivity index (χ0n) is 15.2. The summed E-state index contributed by atoms with van der Waals surface area (Å²) in [6.45, 7) is 9.83. The highest BCUT2D eigenvalue weighted by atomic mass is 16.3. The van der Waals surface area contributed by atoms with E-state index in [0.29, 0.717) is 5.75 Å². The molecule has 1 N–H and O–H groups in total.